The van der Waals surface area contributed by atoms with Gasteiger partial charge in [0.1, 0.15) is 11.5 Å². The Morgan fingerprint density at radius 3 is 2.58 bits per heavy atom. The smallest absolute Gasteiger partial charge is 0.224 e. The number of methoxy groups -OCH3 is 2. The molecule has 5 heteroatoms. The monoisotopic (exact) mass is 345 g/mol. The Bertz CT molecular complexity index is 646. The maximum Gasteiger partial charge on any atom is 0.224 e. The lowest BCUT2D eigenvalue weighted by Crippen LogP contribution is -2.26. The van der Waals surface area contributed by atoms with Crippen molar-refractivity contribution in [2.75, 3.05) is 26.5 Å². The molecule has 0 unspecified atom stereocenters. The summed E-state index contributed by atoms with van der Waals surface area (Å²) in [7, 11) is 3.20. The van der Waals surface area contributed by atoms with E-state index in [1.165, 1.54) is 4.90 Å². The van der Waals surface area contributed by atoms with Crippen LogP contribution in [0.4, 0.5) is 0 Å². The van der Waals surface area contributed by atoms with Crippen molar-refractivity contribution >= 4 is 17.7 Å². The molecule has 1 N–H and O–H groups in total. The highest BCUT2D eigenvalue weighted by atomic mass is 32.2. The first kappa shape index (κ1) is 18.2. The third-order valence-corrected chi connectivity index (χ3v) is 4.60. The third-order valence-electron chi connectivity index (χ3n) is 3.50. The van der Waals surface area contributed by atoms with Crippen LogP contribution in [0.1, 0.15) is 12.0 Å². The van der Waals surface area contributed by atoms with Gasteiger partial charge in [0.25, 0.3) is 0 Å². The van der Waals surface area contributed by atoms with Gasteiger partial charge in [-0.25, -0.2) is 0 Å². The molecule has 0 bridgehead atoms. The lowest BCUT2D eigenvalue weighted by atomic mass is 10.1. The van der Waals surface area contributed by atoms with Crippen LogP contribution >= 0.6 is 11.8 Å². The summed E-state index contributed by atoms with van der Waals surface area (Å²) in [5, 5.41) is 2.96. The lowest BCUT2D eigenvalue weighted by Gasteiger charge is -2.10. The molecule has 24 heavy (non-hydrogen) atoms. The molecule has 128 valence electrons. The SMILES string of the molecule is COc1ccc(CC(=O)NCCCSc2ccccc2)c(OC)c1. The van der Waals surface area contributed by atoms with Crippen LogP contribution in [0.3, 0.4) is 0 Å². The summed E-state index contributed by atoms with van der Waals surface area (Å²) in [6.45, 7) is 0.678. The fraction of sp³-hybridized carbons (Fsp3) is 0.316. The van der Waals surface area contributed by atoms with Crippen LogP contribution in [0.2, 0.25) is 0 Å². The van der Waals surface area contributed by atoms with E-state index in [2.05, 4.69) is 17.4 Å². The summed E-state index contributed by atoms with van der Waals surface area (Å²) in [5.41, 5.74) is 0.856. The normalized spacial score (nSPS) is 10.2. The topological polar surface area (TPSA) is 47.6 Å². The highest BCUT2D eigenvalue weighted by molar-refractivity contribution is 7.99. The second kappa shape index (κ2) is 9.88. The van der Waals surface area contributed by atoms with Crippen molar-refractivity contribution in [1.29, 1.82) is 0 Å². The van der Waals surface area contributed by atoms with Crippen LogP contribution in [0, 0.1) is 0 Å². The molecule has 0 atom stereocenters. The van der Waals surface area contributed by atoms with Crippen molar-refractivity contribution in [3.63, 3.8) is 0 Å². The Morgan fingerprint density at radius 2 is 1.88 bits per heavy atom. The molecule has 0 fully saturated rings. The van der Waals surface area contributed by atoms with Crippen LogP contribution in [-0.4, -0.2) is 32.4 Å². The van der Waals surface area contributed by atoms with Gasteiger partial charge in [-0.05, 0) is 30.4 Å². The zero-order chi connectivity index (χ0) is 17.2. The van der Waals surface area contributed by atoms with Crippen molar-refractivity contribution in [3.05, 3.63) is 54.1 Å². The van der Waals surface area contributed by atoms with Gasteiger partial charge in [0.15, 0.2) is 0 Å². The molecule has 2 aromatic rings. The Kier molecular flexibility index (Phi) is 7.49. The molecule has 0 radical (unpaired) electrons. The molecule has 0 aliphatic carbocycles. The molecule has 0 spiro atoms. The molecule has 0 heterocycles. The second-order valence-corrected chi connectivity index (χ2v) is 6.39. The number of rotatable bonds is 9. The van der Waals surface area contributed by atoms with Gasteiger partial charge in [0, 0.05) is 23.1 Å². The van der Waals surface area contributed by atoms with Gasteiger partial charge in [-0.1, -0.05) is 24.3 Å². The Labute approximate surface area is 147 Å². The number of carbonyl (C=O) groups is 1. The van der Waals surface area contributed by atoms with E-state index >= 15 is 0 Å². The van der Waals surface area contributed by atoms with Crippen LogP contribution in [0.5, 0.6) is 11.5 Å². The zero-order valence-corrected chi connectivity index (χ0v) is 14.9. The van der Waals surface area contributed by atoms with E-state index in [-0.39, 0.29) is 5.91 Å². The van der Waals surface area contributed by atoms with E-state index in [0.717, 1.165) is 17.7 Å². The summed E-state index contributed by atoms with van der Waals surface area (Å²) in [6, 6.07) is 15.8. The van der Waals surface area contributed by atoms with Gasteiger partial charge < -0.3 is 14.8 Å². The fourth-order valence-electron chi connectivity index (χ4n) is 2.24. The molecule has 0 aliphatic rings. The van der Waals surface area contributed by atoms with Crippen LogP contribution < -0.4 is 14.8 Å². The van der Waals surface area contributed by atoms with Crippen LogP contribution in [0.25, 0.3) is 0 Å². The van der Waals surface area contributed by atoms with Crippen molar-refractivity contribution in [2.45, 2.75) is 17.7 Å². The van der Waals surface area contributed by atoms with E-state index in [1.54, 1.807) is 32.0 Å². The summed E-state index contributed by atoms with van der Waals surface area (Å²) < 4.78 is 10.5. The van der Waals surface area contributed by atoms with Crippen LogP contribution in [-0.2, 0) is 11.2 Å². The number of ether oxygens (including phenoxy) is 2. The maximum atomic E-state index is 12.1. The third kappa shape index (κ3) is 5.81. The van der Waals surface area contributed by atoms with Crippen molar-refractivity contribution in [1.82, 2.24) is 5.32 Å². The highest BCUT2D eigenvalue weighted by Gasteiger charge is 2.09. The Morgan fingerprint density at radius 1 is 1.08 bits per heavy atom. The first-order valence-corrected chi connectivity index (χ1v) is 8.87. The van der Waals surface area contributed by atoms with Gasteiger partial charge in [0.05, 0.1) is 20.6 Å². The number of amides is 1. The van der Waals surface area contributed by atoms with Crippen LogP contribution in [0.15, 0.2) is 53.4 Å². The predicted molar refractivity (Wildman–Crippen MR) is 98.0 cm³/mol. The lowest BCUT2D eigenvalue weighted by molar-refractivity contribution is -0.120. The molecular weight excluding hydrogens is 322 g/mol. The number of hydrogen-bond acceptors (Lipinski definition) is 4. The van der Waals surface area contributed by atoms with E-state index in [0.29, 0.717) is 24.5 Å². The minimum absolute atomic E-state index is 0.00294. The molecule has 1 amide bonds. The van der Waals surface area contributed by atoms with E-state index in [9.17, 15) is 4.79 Å². The highest BCUT2D eigenvalue weighted by Crippen LogP contribution is 2.24. The van der Waals surface area contributed by atoms with Crippen molar-refractivity contribution in [3.8, 4) is 11.5 Å². The average Bonchev–Trinajstić information content (AvgIpc) is 2.62. The summed E-state index contributed by atoms with van der Waals surface area (Å²) in [4.78, 5) is 13.3. The largest absolute Gasteiger partial charge is 0.497 e. The minimum atomic E-state index is 0.00294. The molecular formula is C19H23NO3S. The summed E-state index contributed by atoms with van der Waals surface area (Å²) in [6.07, 6.45) is 1.24. The van der Waals surface area contributed by atoms with Gasteiger partial charge >= 0.3 is 0 Å². The zero-order valence-electron chi connectivity index (χ0n) is 14.1. The van der Waals surface area contributed by atoms with Gasteiger partial charge in [-0.2, -0.15) is 0 Å². The average molecular weight is 345 g/mol. The molecule has 0 saturated carbocycles. The molecule has 4 nitrogen and oxygen atoms in total. The van der Waals surface area contributed by atoms with Crippen molar-refractivity contribution < 1.29 is 14.3 Å². The summed E-state index contributed by atoms with van der Waals surface area (Å²) >= 11 is 1.80. The quantitative estimate of drug-likeness (QED) is 0.558. The van der Waals surface area contributed by atoms with E-state index in [1.807, 2.05) is 30.3 Å². The van der Waals surface area contributed by atoms with Gasteiger partial charge in [-0.15, -0.1) is 11.8 Å². The Balaban J connectivity index is 1.71. The molecule has 0 saturated heterocycles. The molecule has 2 rings (SSSR count). The van der Waals surface area contributed by atoms with Crippen molar-refractivity contribution in [2.24, 2.45) is 0 Å². The maximum absolute atomic E-state index is 12.1. The first-order valence-electron chi connectivity index (χ1n) is 7.88. The number of thioether (sulfide) groups is 1. The second-order valence-electron chi connectivity index (χ2n) is 5.22. The van der Waals surface area contributed by atoms with E-state index in [4.69, 9.17) is 9.47 Å². The fourth-order valence-corrected chi connectivity index (χ4v) is 3.11. The summed E-state index contributed by atoms with van der Waals surface area (Å²) in [5.74, 6) is 2.37. The molecule has 0 aromatic heterocycles. The minimum Gasteiger partial charge on any atom is -0.497 e. The molecule has 2 aromatic carbocycles. The number of benzene rings is 2. The number of hydrogen-bond donors (Lipinski definition) is 1. The van der Waals surface area contributed by atoms with Gasteiger partial charge in [-0.3, -0.25) is 4.79 Å². The van der Waals surface area contributed by atoms with Gasteiger partial charge in [0.2, 0.25) is 5.91 Å². The number of carbonyl (C=O) groups excluding carboxylic acids is 1. The standard InChI is InChI=1S/C19H23NO3S/c1-22-16-10-9-15(18(14-16)23-2)13-19(21)20-11-6-12-24-17-7-4-3-5-8-17/h3-5,7-10,14H,6,11-13H2,1-2H3,(H,20,21). The Hall–Kier alpha value is -2.14. The van der Waals surface area contributed by atoms with E-state index < -0.39 is 0 Å². The first-order chi connectivity index (χ1) is 11.7. The number of nitrogens with one attached hydrogen (secondary N) is 1. The molecule has 0 aliphatic heterocycles. The predicted octanol–water partition coefficient (Wildman–Crippen LogP) is 3.54.